The molecular weight excluding hydrogens is 366 g/mol. The van der Waals surface area contributed by atoms with Crippen molar-refractivity contribution in [3.63, 3.8) is 0 Å². The lowest BCUT2D eigenvalue weighted by atomic mass is 9.87. The summed E-state index contributed by atoms with van der Waals surface area (Å²) in [4.78, 5) is 21.2. The largest absolute Gasteiger partial charge is 0.298 e. The number of aromatic nitrogens is 4. The first-order valence-electron chi connectivity index (χ1n) is 8.64. The molecule has 0 amide bonds. The van der Waals surface area contributed by atoms with Crippen LogP contribution in [0.1, 0.15) is 44.8 Å². The fourth-order valence-corrected chi connectivity index (χ4v) is 3.78. The summed E-state index contributed by atoms with van der Waals surface area (Å²) in [5.74, 6) is 0.809. The van der Waals surface area contributed by atoms with E-state index in [-0.39, 0.29) is 27.5 Å². The van der Waals surface area contributed by atoms with Crippen LogP contribution in [0, 0.1) is 6.92 Å². The lowest BCUT2D eigenvalue weighted by Crippen LogP contribution is -2.25. The molecule has 0 unspecified atom stereocenters. The molecule has 0 spiro atoms. The number of rotatable bonds is 4. The maximum absolute atomic E-state index is 12.8. The summed E-state index contributed by atoms with van der Waals surface area (Å²) >= 11 is 0. The number of aryl methyl sites for hydroxylation is 2. The molecule has 2 aromatic heterocycles. The third kappa shape index (κ3) is 3.59. The second-order valence-corrected chi connectivity index (χ2v) is 9.10. The normalized spacial score (nSPS) is 12.5. The highest BCUT2D eigenvalue weighted by Crippen LogP contribution is 2.24. The van der Waals surface area contributed by atoms with Gasteiger partial charge in [-0.15, -0.1) is 0 Å². The number of anilines is 1. The molecule has 0 saturated heterocycles. The molecule has 0 aliphatic rings. The summed E-state index contributed by atoms with van der Waals surface area (Å²) < 4.78 is 29.0. The fourth-order valence-electron chi connectivity index (χ4n) is 2.67. The van der Waals surface area contributed by atoms with Crippen molar-refractivity contribution in [3.8, 4) is 0 Å². The van der Waals surface area contributed by atoms with Crippen molar-refractivity contribution in [1.82, 2.24) is 19.6 Å². The third-order valence-electron chi connectivity index (χ3n) is 4.32. The zero-order chi connectivity index (χ0) is 20.0. The van der Waals surface area contributed by atoms with E-state index in [1.807, 2.05) is 6.92 Å². The van der Waals surface area contributed by atoms with E-state index in [1.165, 1.54) is 12.1 Å². The first kappa shape index (κ1) is 19.1. The van der Waals surface area contributed by atoms with Crippen LogP contribution >= 0.6 is 0 Å². The molecule has 2 heterocycles. The molecule has 144 valence electrons. The summed E-state index contributed by atoms with van der Waals surface area (Å²) in [6.45, 7) is 9.61. The molecule has 0 radical (unpaired) electrons. The van der Waals surface area contributed by atoms with E-state index in [1.54, 1.807) is 19.1 Å². The smallest absolute Gasteiger partial charge is 0.275 e. The van der Waals surface area contributed by atoms with Crippen molar-refractivity contribution in [3.05, 3.63) is 51.7 Å². The second-order valence-electron chi connectivity index (χ2n) is 7.42. The van der Waals surface area contributed by atoms with Crippen molar-refractivity contribution < 1.29 is 8.42 Å². The first-order valence-corrected chi connectivity index (χ1v) is 10.1. The van der Waals surface area contributed by atoms with Crippen molar-refractivity contribution in [1.29, 1.82) is 0 Å². The van der Waals surface area contributed by atoms with Gasteiger partial charge in [-0.05, 0) is 30.0 Å². The Morgan fingerprint density at radius 3 is 2.33 bits per heavy atom. The molecule has 1 aromatic carbocycles. The van der Waals surface area contributed by atoms with Crippen molar-refractivity contribution in [2.45, 2.75) is 51.3 Å². The third-order valence-corrected chi connectivity index (χ3v) is 5.69. The van der Waals surface area contributed by atoms with Gasteiger partial charge in [0.25, 0.3) is 21.4 Å². The standard InChI is InChI=1S/C18H23N5O3S/c1-6-14-20-17-19-11(2)15(16(24)23(17)21-14)22-27(25,26)13-9-7-12(8-10-13)18(3,4)5/h7-10,22H,6H2,1-5H3,(H,19,20,21). The van der Waals surface area contributed by atoms with E-state index in [0.29, 0.717) is 12.2 Å². The summed E-state index contributed by atoms with van der Waals surface area (Å²) in [6, 6.07) is 6.62. The quantitative estimate of drug-likeness (QED) is 0.712. The van der Waals surface area contributed by atoms with Crippen LogP contribution in [0.25, 0.3) is 5.78 Å². The Bertz CT molecular complexity index is 1150. The van der Waals surface area contributed by atoms with E-state index in [9.17, 15) is 13.2 Å². The Morgan fingerprint density at radius 2 is 1.78 bits per heavy atom. The van der Waals surface area contributed by atoms with Gasteiger partial charge in [-0.25, -0.2) is 13.4 Å². The van der Waals surface area contributed by atoms with Crippen molar-refractivity contribution in [2.75, 3.05) is 4.72 Å². The first-order chi connectivity index (χ1) is 12.5. The summed E-state index contributed by atoms with van der Waals surface area (Å²) in [5, 5.41) is 2.83. The molecule has 0 saturated carbocycles. The Morgan fingerprint density at radius 1 is 1.15 bits per heavy atom. The van der Waals surface area contributed by atoms with Crippen molar-refractivity contribution >= 4 is 21.5 Å². The molecule has 27 heavy (non-hydrogen) atoms. The monoisotopic (exact) mass is 389 g/mol. The van der Waals surface area contributed by atoms with Crippen LogP contribution in [-0.4, -0.2) is 28.0 Å². The highest BCUT2D eigenvalue weighted by atomic mass is 32.2. The number of fused-ring (bicyclic) bond motifs is 1. The summed E-state index contributed by atoms with van der Waals surface area (Å²) in [5.41, 5.74) is 0.560. The van der Waals surface area contributed by atoms with Gasteiger partial charge in [-0.3, -0.25) is 14.6 Å². The van der Waals surface area contributed by atoms with Crippen LogP contribution < -0.4 is 10.3 Å². The molecule has 0 aliphatic heterocycles. The molecule has 9 heteroatoms. The maximum atomic E-state index is 12.8. The highest BCUT2D eigenvalue weighted by Gasteiger charge is 2.21. The van der Waals surface area contributed by atoms with Gasteiger partial charge in [-0.2, -0.15) is 9.50 Å². The van der Waals surface area contributed by atoms with E-state index in [2.05, 4.69) is 40.6 Å². The maximum Gasteiger partial charge on any atom is 0.298 e. The molecule has 0 bridgehead atoms. The molecule has 2 N–H and O–H groups in total. The minimum absolute atomic E-state index is 0.0817. The van der Waals surface area contributed by atoms with Gasteiger partial charge in [-0.1, -0.05) is 39.8 Å². The second kappa shape index (κ2) is 6.49. The van der Waals surface area contributed by atoms with Gasteiger partial charge in [0.15, 0.2) is 0 Å². The Hall–Kier alpha value is -2.68. The molecule has 8 nitrogen and oxygen atoms in total. The van der Waals surface area contributed by atoms with E-state index >= 15 is 0 Å². The minimum atomic E-state index is -3.93. The van der Waals surface area contributed by atoms with Crippen LogP contribution in [0.15, 0.2) is 34.0 Å². The number of nitrogens with zero attached hydrogens (tertiary/aromatic N) is 3. The SMILES string of the molecule is CCc1nc2nc(C)c(NS(=O)(=O)c3ccc(C(C)(C)C)cc3)c(=O)n2[nH]1. The number of nitrogens with one attached hydrogen (secondary N) is 2. The highest BCUT2D eigenvalue weighted by molar-refractivity contribution is 7.92. The Balaban J connectivity index is 2.02. The number of hydrogen-bond acceptors (Lipinski definition) is 5. The van der Waals surface area contributed by atoms with Crippen LogP contribution in [0.4, 0.5) is 5.69 Å². The van der Waals surface area contributed by atoms with E-state index in [4.69, 9.17) is 0 Å². The molecular formula is C18H23N5O3S. The Kier molecular flexibility index (Phi) is 4.59. The predicted molar refractivity (Wildman–Crippen MR) is 104 cm³/mol. The fraction of sp³-hybridized carbons (Fsp3) is 0.389. The van der Waals surface area contributed by atoms with Crippen LogP contribution in [-0.2, 0) is 21.9 Å². The van der Waals surface area contributed by atoms with E-state index in [0.717, 1.165) is 10.1 Å². The Labute approximate surface area is 157 Å². The van der Waals surface area contributed by atoms with Crippen LogP contribution in [0.2, 0.25) is 0 Å². The minimum Gasteiger partial charge on any atom is -0.275 e. The van der Waals surface area contributed by atoms with E-state index < -0.39 is 15.6 Å². The van der Waals surface area contributed by atoms with Gasteiger partial charge >= 0.3 is 0 Å². The number of sulfonamides is 1. The summed E-state index contributed by atoms with van der Waals surface area (Å²) in [6.07, 6.45) is 0.600. The zero-order valence-corrected chi connectivity index (χ0v) is 16.8. The lowest BCUT2D eigenvalue weighted by Gasteiger charge is -2.19. The number of H-pyrrole nitrogens is 1. The predicted octanol–water partition coefficient (Wildman–Crippen LogP) is 2.39. The van der Waals surface area contributed by atoms with Gasteiger partial charge in [0.05, 0.1) is 10.6 Å². The average molecular weight is 389 g/mol. The number of benzene rings is 1. The molecule has 3 aromatic rings. The number of hydrogen-bond donors (Lipinski definition) is 2. The van der Waals surface area contributed by atoms with Gasteiger partial charge in [0.2, 0.25) is 0 Å². The van der Waals surface area contributed by atoms with Crippen LogP contribution in [0.3, 0.4) is 0 Å². The zero-order valence-electron chi connectivity index (χ0n) is 16.0. The lowest BCUT2D eigenvalue weighted by molar-refractivity contribution is 0.587. The topological polar surface area (TPSA) is 109 Å². The molecule has 3 rings (SSSR count). The van der Waals surface area contributed by atoms with Gasteiger partial charge < -0.3 is 0 Å². The number of aromatic amines is 1. The van der Waals surface area contributed by atoms with Crippen LogP contribution in [0.5, 0.6) is 0 Å². The molecule has 0 atom stereocenters. The molecule has 0 aliphatic carbocycles. The van der Waals surface area contributed by atoms with Gasteiger partial charge in [0, 0.05) is 6.42 Å². The average Bonchev–Trinajstić information content (AvgIpc) is 3.01. The summed E-state index contributed by atoms with van der Waals surface area (Å²) in [7, 11) is -3.93. The van der Waals surface area contributed by atoms with Gasteiger partial charge in [0.1, 0.15) is 11.5 Å². The van der Waals surface area contributed by atoms with Crippen molar-refractivity contribution in [2.24, 2.45) is 0 Å². The molecule has 0 fully saturated rings.